The predicted molar refractivity (Wildman–Crippen MR) is 115 cm³/mol. The molecule has 1 heterocycles. The van der Waals surface area contributed by atoms with Crippen LogP contribution in [0.2, 0.25) is 0 Å². The molecule has 0 fully saturated rings. The van der Waals surface area contributed by atoms with E-state index >= 15 is 0 Å². The molecule has 0 saturated carbocycles. The van der Waals surface area contributed by atoms with Crippen molar-refractivity contribution in [3.63, 3.8) is 0 Å². The first kappa shape index (κ1) is 21.0. The van der Waals surface area contributed by atoms with Gasteiger partial charge in [0, 0.05) is 40.4 Å². The van der Waals surface area contributed by atoms with E-state index in [1.807, 2.05) is 6.07 Å². The van der Waals surface area contributed by atoms with Gasteiger partial charge in [-0.05, 0) is 55.0 Å². The summed E-state index contributed by atoms with van der Waals surface area (Å²) in [5, 5.41) is 0. The second kappa shape index (κ2) is 9.19. The number of sulfonamides is 1. The summed E-state index contributed by atoms with van der Waals surface area (Å²) in [6.45, 7) is 1.80. The minimum absolute atomic E-state index is 0.0199. The van der Waals surface area contributed by atoms with Crippen LogP contribution >= 0.6 is 0 Å². The molecule has 0 saturated heterocycles. The van der Waals surface area contributed by atoms with Gasteiger partial charge < -0.3 is 4.74 Å². The Balaban J connectivity index is 1.88. The van der Waals surface area contributed by atoms with Crippen LogP contribution in [0.15, 0.2) is 78.0 Å². The number of hydrogen-bond donors (Lipinski definition) is 0. The first-order valence-electron chi connectivity index (χ1n) is 9.00. The molecular formula is C21H22N2O4S2. The standard InChI is InChI=1S/C21H22N2O4S2/c1-3-29(25,26)23(16-17-6-5-13-22-15-17)18-7-4-8-20(14-18)27-19-9-11-21(12-10-19)28(2)24/h4-15H,3,16H2,1-2H3. The van der Waals surface area contributed by atoms with Crippen LogP contribution in [-0.2, 0) is 27.4 Å². The second-order valence-electron chi connectivity index (χ2n) is 6.29. The molecule has 0 aliphatic carbocycles. The van der Waals surface area contributed by atoms with Crippen LogP contribution < -0.4 is 9.04 Å². The van der Waals surface area contributed by atoms with Gasteiger partial charge in [-0.2, -0.15) is 0 Å². The van der Waals surface area contributed by atoms with E-state index in [0.29, 0.717) is 22.1 Å². The van der Waals surface area contributed by atoms with E-state index in [1.165, 1.54) is 4.31 Å². The average Bonchev–Trinajstić information content (AvgIpc) is 2.73. The third-order valence-electron chi connectivity index (χ3n) is 4.25. The van der Waals surface area contributed by atoms with E-state index in [1.54, 1.807) is 80.2 Å². The number of benzene rings is 2. The predicted octanol–water partition coefficient (Wildman–Crippen LogP) is 3.97. The molecule has 3 rings (SSSR count). The van der Waals surface area contributed by atoms with Crippen molar-refractivity contribution in [1.29, 1.82) is 0 Å². The number of hydrogen-bond acceptors (Lipinski definition) is 5. The van der Waals surface area contributed by atoms with E-state index in [2.05, 4.69) is 4.98 Å². The van der Waals surface area contributed by atoms with Crippen molar-refractivity contribution in [2.45, 2.75) is 18.4 Å². The number of nitrogens with zero attached hydrogens (tertiary/aromatic N) is 2. The highest BCUT2D eigenvalue weighted by atomic mass is 32.2. The van der Waals surface area contributed by atoms with Crippen LogP contribution in [0.25, 0.3) is 0 Å². The van der Waals surface area contributed by atoms with Crippen molar-refractivity contribution >= 4 is 26.5 Å². The van der Waals surface area contributed by atoms with Crippen LogP contribution in [0.1, 0.15) is 12.5 Å². The Morgan fingerprint density at radius 3 is 2.41 bits per heavy atom. The number of rotatable bonds is 8. The van der Waals surface area contributed by atoms with Crippen LogP contribution in [0.4, 0.5) is 5.69 Å². The monoisotopic (exact) mass is 430 g/mol. The Hall–Kier alpha value is -2.71. The third-order valence-corrected chi connectivity index (χ3v) is 6.92. The van der Waals surface area contributed by atoms with E-state index in [4.69, 9.17) is 4.74 Å². The molecule has 1 aromatic heterocycles. The van der Waals surface area contributed by atoms with Gasteiger partial charge in [-0.1, -0.05) is 12.1 Å². The Bertz CT molecular complexity index is 1090. The van der Waals surface area contributed by atoms with Gasteiger partial charge in [0.2, 0.25) is 10.0 Å². The molecule has 1 atom stereocenters. The summed E-state index contributed by atoms with van der Waals surface area (Å²) >= 11 is 0. The van der Waals surface area contributed by atoms with E-state index in [9.17, 15) is 12.6 Å². The summed E-state index contributed by atoms with van der Waals surface area (Å²) < 4.78 is 44.2. The lowest BCUT2D eigenvalue weighted by Gasteiger charge is -2.24. The summed E-state index contributed by atoms with van der Waals surface area (Å²) in [7, 11) is -4.56. The minimum atomic E-state index is -3.50. The van der Waals surface area contributed by atoms with Crippen LogP contribution in [0.3, 0.4) is 0 Å². The number of pyridine rings is 1. The first-order valence-corrected chi connectivity index (χ1v) is 12.2. The van der Waals surface area contributed by atoms with E-state index < -0.39 is 20.8 Å². The molecule has 29 heavy (non-hydrogen) atoms. The summed E-state index contributed by atoms with van der Waals surface area (Å²) in [5.41, 5.74) is 1.30. The van der Waals surface area contributed by atoms with Gasteiger partial charge in [-0.3, -0.25) is 13.5 Å². The second-order valence-corrected chi connectivity index (χ2v) is 9.86. The number of anilines is 1. The zero-order chi connectivity index (χ0) is 20.9. The fraction of sp³-hybridized carbons (Fsp3) is 0.190. The molecule has 8 heteroatoms. The molecule has 0 N–H and O–H groups in total. The molecule has 3 aromatic rings. The van der Waals surface area contributed by atoms with Gasteiger partial charge in [0.1, 0.15) is 11.5 Å². The highest BCUT2D eigenvalue weighted by Gasteiger charge is 2.21. The normalized spacial score (nSPS) is 12.3. The van der Waals surface area contributed by atoms with Gasteiger partial charge in [0.25, 0.3) is 0 Å². The van der Waals surface area contributed by atoms with E-state index in [-0.39, 0.29) is 12.3 Å². The van der Waals surface area contributed by atoms with Crippen molar-refractivity contribution in [2.75, 3.05) is 16.3 Å². The van der Waals surface area contributed by atoms with Gasteiger partial charge in [-0.25, -0.2) is 8.42 Å². The fourth-order valence-corrected chi connectivity index (χ4v) is 4.31. The maximum Gasteiger partial charge on any atom is 0.235 e. The van der Waals surface area contributed by atoms with E-state index in [0.717, 1.165) is 5.56 Å². The molecule has 0 amide bonds. The highest BCUT2D eigenvalue weighted by molar-refractivity contribution is 7.92. The van der Waals surface area contributed by atoms with Crippen molar-refractivity contribution in [3.05, 3.63) is 78.6 Å². The number of ether oxygens (including phenoxy) is 1. The molecule has 0 radical (unpaired) electrons. The first-order chi connectivity index (χ1) is 13.9. The largest absolute Gasteiger partial charge is 0.457 e. The molecule has 0 aliphatic heterocycles. The average molecular weight is 431 g/mol. The Labute approximate surface area is 173 Å². The van der Waals surface area contributed by atoms with Crippen molar-refractivity contribution in [3.8, 4) is 11.5 Å². The minimum Gasteiger partial charge on any atom is -0.457 e. The molecule has 0 aliphatic rings. The fourth-order valence-electron chi connectivity index (χ4n) is 2.70. The van der Waals surface area contributed by atoms with Crippen LogP contribution in [-0.4, -0.2) is 29.6 Å². The quantitative estimate of drug-likeness (QED) is 0.540. The zero-order valence-electron chi connectivity index (χ0n) is 16.2. The lowest BCUT2D eigenvalue weighted by atomic mass is 10.2. The smallest absolute Gasteiger partial charge is 0.235 e. The van der Waals surface area contributed by atoms with Crippen LogP contribution in [0, 0.1) is 0 Å². The Morgan fingerprint density at radius 2 is 1.79 bits per heavy atom. The highest BCUT2D eigenvalue weighted by Crippen LogP contribution is 2.29. The summed E-state index contributed by atoms with van der Waals surface area (Å²) in [5.74, 6) is 1.07. The van der Waals surface area contributed by atoms with Gasteiger partial charge in [0.05, 0.1) is 18.0 Å². The van der Waals surface area contributed by atoms with Gasteiger partial charge in [0.15, 0.2) is 0 Å². The van der Waals surface area contributed by atoms with Gasteiger partial charge in [-0.15, -0.1) is 0 Å². The molecule has 6 nitrogen and oxygen atoms in total. The maximum atomic E-state index is 12.7. The third kappa shape index (κ3) is 5.42. The summed E-state index contributed by atoms with van der Waals surface area (Å²) in [6.07, 6.45) is 4.91. The molecule has 1 unspecified atom stereocenters. The molecule has 0 bridgehead atoms. The molecule has 0 spiro atoms. The molecule has 2 aromatic carbocycles. The summed E-state index contributed by atoms with van der Waals surface area (Å²) in [4.78, 5) is 4.78. The lowest BCUT2D eigenvalue weighted by Crippen LogP contribution is -2.31. The molecular weight excluding hydrogens is 408 g/mol. The van der Waals surface area contributed by atoms with Crippen molar-refractivity contribution in [2.24, 2.45) is 0 Å². The SMILES string of the molecule is CCS(=O)(=O)N(Cc1cccnc1)c1cccc(Oc2ccc(S(C)=O)cc2)c1. The Morgan fingerprint density at radius 1 is 1.03 bits per heavy atom. The number of aromatic nitrogens is 1. The van der Waals surface area contributed by atoms with Crippen molar-refractivity contribution < 1.29 is 17.4 Å². The van der Waals surface area contributed by atoms with Crippen molar-refractivity contribution in [1.82, 2.24) is 4.98 Å². The zero-order valence-corrected chi connectivity index (χ0v) is 17.8. The Kier molecular flexibility index (Phi) is 6.66. The van der Waals surface area contributed by atoms with Crippen LogP contribution in [0.5, 0.6) is 11.5 Å². The maximum absolute atomic E-state index is 12.7. The summed E-state index contributed by atoms with van der Waals surface area (Å²) in [6, 6.07) is 17.5. The van der Waals surface area contributed by atoms with Gasteiger partial charge >= 0.3 is 0 Å². The molecule has 152 valence electrons. The topological polar surface area (TPSA) is 76.6 Å². The lowest BCUT2D eigenvalue weighted by molar-refractivity contribution is 0.482.